The Labute approximate surface area is 121 Å². The van der Waals surface area contributed by atoms with E-state index in [4.69, 9.17) is 11.6 Å². The van der Waals surface area contributed by atoms with Crippen LogP contribution in [-0.4, -0.2) is 5.91 Å². The molecule has 19 heavy (non-hydrogen) atoms. The molecule has 0 aliphatic heterocycles. The second-order valence-electron chi connectivity index (χ2n) is 3.68. The fourth-order valence-corrected chi connectivity index (χ4v) is 2.09. The van der Waals surface area contributed by atoms with Gasteiger partial charge in [-0.1, -0.05) is 39.7 Å². The van der Waals surface area contributed by atoms with Crippen LogP contribution in [0, 0.1) is 11.6 Å². The summed E-state index contributed by atoms with van der Waals surface area (Å²) < 4.78 is 27.4. The van der Waals surface area contributed by atoms with E-state index in [0.29, 0.717) is 0 Å². The molecule has 98 valence electrons. The van der Waals surface area contributed by atoms with Crippen molar-refractivity contribution in [3.63, 3.8) is 0 Å². The zero-order chi connectivity index (χ0) is 14.0. The number of rotatable bonds is 2. The molecule has 6 heteroatoms. The van der Waals surface area contributed by atoms with E-state index in [-0.39, 0.29) is 15.2 Å². The Bertz CT molecular complexity index is 625. The molecule has 0 unspecified atom stereocenters. The number of carbonyl (C=O) groups excluding carboxylic acids is 1. The summed E-state index contributed by atoms with van der Waals surface area (Å²) in [4.78, 5) is 11.9. The summed E-state index contributed by atoms with van der Waals surface area (Å²) in [5.41, 5.74) is -0.362. The molecule has 0 aliphatic rings. The number of amides is 1. The highest BCUT2D eigenvalue weighted by molar-refractivity contribution is 9.10. The molecule has 0 bridgehead atoms. The quantitative estimate of drug-likeness (QED) is 0.844. The summed E-state index contributed by atoms with van der Waals surface area (Å²) in [6.07, 6.45) is 0. The second kappa shape index (κ2) is 5.67. The van der Waals surface area contributed by atoms with Crippen LogP contribution in [0.25, 0.3) is 0 Å². The van der Waals surface area contributed by atoms with Crippen LogP contribution >= 0.6 is 27.5 Å². The van der Waals surface area contributed by atoms with E-state index in [1.54, 1.807) is 18.2 Å². The topological polar surface area (TPSA) is 29.1 Å². The maximum Gasteiger partial charge on any atom is 0.261 e. The summed E-state index contributed by atoms with van der Waals surface area (Å²) in [6.45, 7) is 0. The van der Waals surface area contributed by atoms with E-state index in [1.807, 2.05) is 0 Å². The van der Waals surface area contributed by atoms with E-state index in [2.05, 4.69) is 21.2 Å². The van der Waals surface area contributed by atoms with Gasteiger partial charge in [-0.15, -0.1) is 0 Å². The Morgan fingerprint density at radius 3 is 2.32 bits per heavy atom. The highest BCUT2D eigenvalue weighted by Crippen LogP contribution is 2.24. The molecule has 0 radical (unpaired) electrons. The zero-order valence-electron chi connectivity index (χ0n) is 9.38. The third-order valence-corrected chi connectivity index (χ3v) is 3.14. The van der Waals surface area contributed by atoms with Gasteiger partial charge in [0.1, 0.15) is 17.2 Å². The van der Waals surface area contributed by atoms with Gasteiger partial charge in [-0.25, -0.2) is 8.78 Å². The van der Waals surface area contributed by atoms with Crippen LogP contribution in [0.4, 0.5) is 14.5 Å². The van der Waals surface area contributed by atoms with Gasteiger partial charge in [-0.2, -0.15) is 0 Å². The molecule has 1 N–H and O–H groups in total. The van der Waals surface area contributed by atoms with Gasteiger partial charge in [0.05, 0.1) is 10.7 Å². The first-order valence-electron chi connectivity index (χ1n) is 5.19. The zero-order valence-corrected chi connectivity index (χ0v) is 11.7. The van der Waals surface area contributed by atoms with Gasteiger partial charge in [0.2, 0.25) is 0 Å². The Morgan fingerprint density at radius 1 is 1.16 bits per heavy atom. The summed E-state index contributed by atoms with van der Waals surface area (Å²) in [6, 6.07) is 8.46. The molecular formula is C13H7BrClF2NO. The number of anilines is 1. The van der Waals surface area contributed by atoms with Gasteiger partial charge in [-0.05, 0) is 24.3 Å². The molecule has 2 aromatic rings. The molecule has 2 rings (SSSR count). The van der Waals surface area contributed by atoms with Crippen LogP contribution < -0.4 is 5.32 Å². The van der Waals surface area contributed by atoms with Crippen molar-refractivity contribution in [2.75, 3.05) is 5.32 Å². The minimum Gasteiger partial charge on any atom is -0.320 e. The number of hydrogen-bond donors (Lipinski definition) is 1. The summed E-state index contributed by atoms with van der Waals surface area (Å²) in [5.74, 6) is -2.79. The average molecular weight is 347 g/mol. The number of para-hydroxylation sites is 1. The molecule has 0 aliphatic carbocycles. The normalized spacial score (nSPS) is 10.3. The van der Waals surface area contributed by atoms with Crippen LogP contribution in [0.5, 0.6) is 0 Å². The van der Waals surface area contributed by atoms with Gasteiger partial charge >= 0.3 is 0 Å². The lowest BCUT2D eigenvalue weighted by Crippen LogP contribution is -2.16. The largest absolute Gasteiger partial charge is 0.320 e. The number of carbonyl (C=O) groups is 1. The van der Waals surface area contributed by atoms with Crippen LogP contribution in [0.15, 0.2) is 40.9 Å². The minimum atomic E-state index is -0.948. The third kappa shape index (κ3) is 3.11. The maximum atomic E-state index is 13.6. The Hall–Kier alpha value is -1.46. The second-order valence-corrected chi connectivity index (χ2v) is 5.00. The first-order chi connectivity index (χ1) is 8.99. The molecule has 0 heterocycles. The van der Waals surface area contributed by atoms with E-state index >= 15 is 0 Å². The summed E-state index contributed by atoms with van der Waals surface area (Å²) >= 11 is 8.79. The minimum absolute atomic E-state index is 0.219. The average Bonchev–Trinajstić information content (AvgIpc) is 2.30. The van der Waals surface area contributed by atoms with Crippen molar-refractivity contribution in [2.24, 2.45) is 0 Å². The lowest BCUT2D eigenvalue weighted by atomic mass is 10.2. The first kappa shape index (κ1) is 14.0. The predicted molar refractivity (Wildman–Crippen MR) is 73.5 cm³/mol. The van der Waals surface area contributed by atoms with E-state index in [9.17, 15) is 13.6 Å². The third-order valence-electron chi connectivity index (χ3n) is 2.36. The lowest BCUT2D eigenvalue weighted by Gasteiger charge is -2.08. The van der Waals surface area contributed by atoms with Crippen LogP contribution in [0.2, 0.25) is 5.02 Å². The van der Waals surface area contributed by atoms with Crippen LogP contribution in [-0.2, 0) is 0 Å². The van der Waals surface area contributed by atoms with Crippen molar-refractivity contribution in [3.8, 4) is 0 Å². The monoisotopic (exact) mass is 345 g/mol. The van der Waals surface area contributed by atoms with Gasteiger partial charge in [-0.3, -0.25) is 4.79 Å². The van der Waals surface area contributed by atoms with Crippen molar-refractivity contribution < 1.29 is 13.6 Å². The van der Waals surface area contributed by atoms with Crippen molar-refractivity contribution in [1.82, 2.24) is 0 Å². The summed E-state index contributed by atoms with van der Waals surface area (Å²) in [7, 11) is 0. The predicted octanol–water partition coefficient (Wildman–Crippen LogP) is 4.63. The van der Waals surface area contributed by atoms with E-state index < -0.39 is 23.1 Å². The fourth-order valence-electron chi connectivity index (χ4n) is 1.51. The van der Waals surface area contributed by atoms with Gasteiger partial charge < -0.3 is 5.32 Å². The first-order valence-corrected chi connectivity index (χ1v) is 6.36. The molecule has 0 saturated carbocycles. The van der Waals surface area contributed by atoms with Crippen molar-refractivity contribution in [2.45, 2.75) is 0 Å². The smallest absolute Gasteiger partial charge is 0.261 e. The number of halogens is 4. The highest BCUT2D eigenvalue weighted by Gasteiger charge is 2.19. The van der Waals surface area contributed by atoms with Crippen molar-refractivity contribution in [1.29, 1.82) is 0 Å². The SMILES string of the molecule is O=C(Nc1ccccc1Cl)c1c(F)cc(Br)cc1F. The molecular weight excluding hydrogens is 340 g/mol. The van der Waals surface area contributed by atoms with Gasteiger partial charge in [0.25, 0.3) is 5.91 Å². The van der Waals surface area contributed by atoms with E-state index in [1.165, 1.54) is 6.07 Å². The molecule has 0 aromatic heterocycles. The molecule has 0 atom stereocenters. The Morgan fingerprint density at radius 2 is 1.74 bits per heavy atom. The lowest BCUT2D eigenvalue weighted by molar-refractivity contribution is 0.101. The van der Waals surface area contributed by atoms with Crippen molar-refractivity contribution >= 4 is 39.1 Å². The van der Waals surface area contributed by atoms with Crippen molar-refractivity contribution in [3.05, 3.63) is 63.1 Å². The molecule has 2 aromatic carbocycles. The van der Waals surface area contributed by atoms with Gasteiger partial charge in [0, 0.05) is 4.47 Å². The van der Waals surface area contributed by atoms with Gasteiger partial charge in [0.15, 0.2) is 0 Å². The molecule has 1 amide bonds. The number of hydrogen-bond acceptors (Lipinski definition) is 1. The highest BCUT2D eigenvalue weighted by atomic mass is 79.9. The van der Waals surface area contributed by atoms with Crippen LogP contribution in [0.3, 0.4) is 0 Å². The number of nitrogens with one attached hydrogen (secondary N) is 1. The molecule has 0 spiro atoms. The molecule has 0 fully saturated rings. The standard InChI is InChI=1S/C13H7BrClF2NO/c14-7-5-9(16)12(10(17)6-7)13(19)18-11-4-2-1-3-8(11)15/h1-6H,(H,18,19). The Balaban J connectivity index is 2.34. The maximum absolute atomic E-state index is 13.6. The number of benzene rings is 2. The Kier molecular flexibility index (Phi) is 4.17. The molecule has 2 nitrogen and oxygen atoms in total. The van der Waals surface area contributed by atoms with Crippen LogP contribution in [0.1, 0.15) is 10.4 Å². The fraction of sp³-hybridized carbons (Fsp3) is 0. The molecule has 0 saturated heterocycles. The summed E-state index contributed by atoms with van der Waals surface area (Å²) in [5, 5.41) is 2.65. The van der Waals surface area contributed by atoms with E-state index in [0.717, 1.165) is 12.1 Å².